The molecule has 1 N–H and O–H groups in total. The Bertz CT molecular complexity index is 832. The minimum atomic E-state index is -0.0985. The second kappa shape index (κ2) is 4.89. The van der Waals surface area contributed by atoms with Gasteiger partial charge in [-0.25, -0.2) is 0 Å². The maximum absolute atomic E-state index is 10.7. The Morgan fingerprint density at radius 3 is 2.38 bits per heavy atom. The van der Waals surface area contributed by atoms with E-state index in [1.54, 1.807) is 7.11 Å². The summed E-state index contributed by atoms with van der Waals surface area (Å²) in [4.78, 5) is 0. The highest BCUT2D eigenvalue weighted by molar-refractivity contribution is 7.34. The first-order valence-electron chi connectivity index (χ1n) is 7.02. The highest BCUT2D eigenvalue weighted by atomic mass is 31.0. The largest absolute Gasteiger partial charge is 0.507 e. The predicted molar refractivity (Wildman–Crippen MR) is 90.9 cm³/mol. The van der Waals surface area contributed by atoms with Gasteiger partial charge in [-0.15, -0.1) is 0 Å². The minimum Gasteiger partial charge on any atom is -0.507 e. The van der Waals surface area contributed by atoms with Crippen LogP contribution in [0.4, 0.5) is 0 Å². The van der Waals surface area contributed by atoms with Gasteiger partial charge in [0.15, 0.2) is 5.48 Å². The first-order chi connectivity index (χ1) is 9.93. The van der Waals surface area contributed by atoms with Crippen LogP contribution in [0.25, 0.3) is 21.5 Å². The maximum Gasteiger partial charge on any atom is 0.153 e. The van der Waals surface area contributed by atoms with E-state index in [0.29, 0.717) is 5.75 Å². The Morgan fingerprint density at radius 1 is 1.00 bits per heavy atom. The zero-order valence-electron chi connectivity index (χ0n) is 12.8. The summed E-state index contributed by atoms with van der Waals surface area (Å²) in [5.41, 5.74) is 0.809. The first-order valence-corrected chi connectivity index (χ1v) is 7.92. The normalized spacial score (nSPS) is 12.4. The van der Waals surface area contributed by atoms with Crippen molar-refractivity contribution >= 4 is 29.7 Å². The van der Waals surface area contributed by atoms with E-state index in [9.17, 15) is 5.11 Å². The van der Waals surface area contributed by atoms with Gasteiger partial charge in [-0.2, -0.15) is 0 Å². The van der Waals surface area contributed by atoms with E-state index in [4.69, 9.17) is 4.74 Å². The highest BCUT2D eigenvalue weighted by Crippen LogP contribution is 2.50. The fourth-order valence-electron chi connectivity index (χ4n) is 2.71. The van der Waals surface area contributed by atoms with Gasteiger partial charge < -0.3 is 9.84 Å². The molecule has 0 radical (unpaired) electrons. The molecule has 0 saturated carbocycles. The number of hydrogen-bond acceptors (Lipinski definition) is 2. The van der Waals surface area contributed by atoms with Crippen LogP contribution in [-0.2, 0) is 5.41 Å². The van der Waals surface area contributed by atoms with Crippen LogP contribution in [0, 0.1) is 0 Å². The third-order valence-electron chi connectivity index (χ3n) is 3.74. The van der Waals surface area contributed by atoms with Crippen LogP contribution in [0.1, 0.15) is 26.1 Å². The molecule has 1 heterocycles. The van der Waals surface area contributed by atoms with Crippen molar-refractivity contribution in [3.8, 4) is 11.2 Å². The number of aromatic hydroxyl groups is 1. The Labute approximate surface area is 126 Å². The maximum atomic E-state index is 10.7. The van der Waals surface area contributed by atoms with E-state index in [2.05, 4.69) is 39.0 Å². The van der Waals surface area contributed by atoms with Crippen molar-refractivity contribution in [3.05, 3.63) is 41.7 Å². The summed E-state index contributed by atoms with van der Waals surface area (Å²) in [6, 6.07) is 12.3. The van der Waals surface area contributed by atoms with Crippen LogP contribution < -0.4 is 4.74 Å². The average molecular weight is 298 g/mol. The third kappa shape index (κ3) is 2.24. The van der Waals surface area contributed by atoms with Crippen molar-refractivity contribution in [2.45, 2.75) is 26.2 Å². The molecule has 0 aliphatic rings. The van der Waals surface area contributed by atoms with Gasteiger partial charge >= 0.3 is 0 Å². The minimum absolute atomic E-state index is 0.0985. The number of fused-ring (bicyclic) bond motifs is 3. The van der Waals surface area contributed by atoms with Crippen molar-refractivity contribution in [1.82, 2.24) is 0 Å². The van der Waals surface area contributed by atoms with E-state index in [-0.39, 0.29) is 5.41 Å². The molecule has 0 fully saturated rings. The zero-order chi connectivity index (χ0) is 15.2. The highest BCUT2D eigenvalue weighted by Gasteiger charge is 2.23. The Kier molecular flexibility index (Phi) is 3.30. The average Bonchev–Trinajstić information content (AvgIpc) is 2.46. The molecule has 0 saturated heterocycles. The lowest BCUT2D eigenvalue weighted by Gasteiger charge is -2.22. The molecule has 3 aromatic rings. The molecule has 0 atom stereocenters. The van der Waals surface area contributed by atoms with Crippen molar-refractivity contribution in [1.29, 1.82) is 0 Å². The smallest absolute Gasteiger partial charge is 0.153 e. The molecule has 0 aliphatic carbocycles. The Balaban J connectivity index is 2.52. The fourth-order valence-corrected chi connectivity index (χ4v) is 3.92. The molecule has 21 heavy (non-hydrogen) atoms. The summed E-state index contributed by atoms with van der Waals surface area (Å²) < 4.78 is 5.66. The molecule has 3 rings (SSSR count). The number of benzene rings is 2. The molecule has 0 spiro atoms. The molecular formula is C18H19O2P. The molecule has 0 amide bonds. The molecule has 3 heteroatoms. The van der Waals surface area contributed by atoms with Gasteiger partial charge in [0.25, 0.3) is 0 Å². The van der Waals surface area contributed by atoms with Gasteiger partial charge in [0.2, 0.25) is 0 Å². The summed E-state index contributed by atoms with van der Waals surface area (Å²) in [6.45, 7) is 6.35. The summed E-state index contributed by atoms with van der Waals surface area (Å²) >= 11 is 0. The van der Waals surface area contributed by atoms with Crippen LogP contribution in [0.15, 0.2) is 36.4 Å². The van der Waals surface area contributed by atoms with Crippen molar-refractivity contribution in [2.75, 3.05) is 7.11 Å². The standard InChI is InChI=1S/C18H19O2P/c1-18(2,3)16-15(19)13-10-9-11-7-5-6-8-12(11)14(13)17(20-4)21-16/h5-10,19H,1-4H3. The van der Waals surface area contributed by atoms with Gasteiger partial charge in [0.05, 0.1) is 7.11 Å². The van der Waals surface area contributed by atoms with Gasteiger partial charge in [0.1, 0.15) is 5.75 Å². The Morgan fingerprint density at radius 2 is 1.71 bits per heavy atom. The van der Waals surface area contributed by atoms with Gasteiger partial charge in [-0.3, -0.25) is 0 Å². The van der Waals surface area contributed by atoms with Crippen molar-refractivity contribution in [3.63, 3.8) is 0 Å². The monoisotopic (exact) mass is 298 g/mol. The van der Waals surface area contributed by atoms with Crippen LogP contribution in [0.2, 0.25) is 0 Å². The molecule has 1 aromatic heterocycles. The summed E-state index contributed by atoms with van der Waals surface area (Å²) in [5, 5.41) is 15.9. The first kappa shape index (κ1) is 14.2. The van der Waals surface area contributed by atoms with E-state index in [1.165, 1.54) is 0 Å². The van der Waals surface area contributed by atoms with Crippen LogP contribution in [-0.4, -0.2) is 12.2 Å². The predicted octanol–water partition coefficient (Wildman–Crippen LogP) is 5.58. The van der Waals surface area contributed by atoms with Crippen LogP contribution in [0.5, 0.6) is 11.2 Å². The van der Waals surface area contributed by atoms with Crippen LogP contribution >= 0.6 is 8.19 Å². The lowest BCUT2D eigenvalue weighted by molar-refractivity contribution is 0.429. The Hall–Kier alpha value is -1.79. The van der Waals surface area contributed by atoms with Gasteiger partial charge in [0, 0.05) is 16.1 Å². The molecule has 0 bridgehead atoms. The number of methoxy groups -OCH3 is 1. The second-order valence-electron chi connectivity index (χ2n) is 6.28. The fraction of sp³-hybridized carbons (Fsp3) is 0.278. The SMILES string of the molecule is COc1pc(C(C)(C)C)c(O)c2ccc3ccccc3c12. The topological polar surface area (TPSA) is 29.5 Å². The quantitative estimate of drug-likeness (QED) is 0.594. The van der Waals surface area contributed by atoms with Gasteiger partial charge in [-0.05, 0) is 30.4 Å². The molecule has 108 valence electrons. The molecule has 0 unspecified atom stereocenters. The third-order valence-corrected chi connectivity index (χ3v) is 5.45. The van der Waals surface area contributed by atoms with E-state index in [0.717, 1.165) is 40.5 Å². The molecule has 2 aromatic carbocycles. The van der Waals surface area contributed by atoms with E-state index >= 15 is 0 Å². The zero-order valence-corrected chi connectivity index (χ0v) is 13.7. The number of ether oxygens (including phenoxy) is 1. The van der Waals surface area contributed by atoms with Crippen molar-refractivity contribution in [2.24, 2.45) is 0 Å². The van der Waals surface area contributed by atoms with Crippen molar-refractivity contribution < 1.29 is 9.84 Å². The lowest BCUT2D eigenvalue weighted by atomic mass is 9.92. The molecule has 2 nitrogen and oxygen atoms in total. The second-order valence-corrected chi connectivity index (χ2v) is 7.35. The summed E-state index contributed by atoms with van der Waals surface area (Å²) in [5.74, 6) is 0.394. The van der Waals surface area contributed by atoms with E-state index < -0.39 is 0 Å². The van der Waals surface area contributed by atoms with Crippen LogP contribution in [0.3, 0.4) is 0 Å². The lowest BCUT2D eigenvalue weighted by Crippen LogP contribution is -2.09. The molecular weight excluding hydrogens is 279 g/mol. The summed E-state index contributed by atoms with van der Waals surface area (Å²) in [7, 11) is 2.65. The number of rotatable bonds is 1. The van der Waals surface area contributed by atoms with E-state index in [1.807, 2.05) is 18.2 Å². The summed E-state index contributed by atoms with van der Waals surface area (Å²) in [6.07, 6.45) is 0. The molecule has 0 aliphatic heterocycles. The number of hydrogen-bond donors (Lipinski definition) is 1. The van der Waals surface area contributed by atoms with Gasteiger partial charge in [-0.1, -0.05) is 51.1 Å².